The highest BCUT2D eigenvalue weighted by atomic mass is 32.2. The van der Waals surface area contributed by atoms with Gasteiger partial charge >= 0.3 is 0 Å². The van der Waals surface area contributed by atoms with E-state index in [-0.39, 0.29) is 0 Å². The molecular weight excluding hydrogens is 246 g/mol. The highest BCUT2D eigenvalue weighted by Gasteiger charge is 2.32. The van der Waals surface area contributed by atoms with Gasteiger partial charge in [0.2, 0.25) is 5.89 Å². The van der Waals surface area contributed by atoms with Crippen molar-refractivity contribution in [2.24, 2.45) is 5.92 Å². The van der Waals surface area contributed by atoms with Crippen LogP contribution in [0.25, 0.3) is 0 Å². The van der Waals surface area contributed by atoms with Crippen LogP contribution < -0.4 is 5.32 Å². The predicted molar refractivity (Wildman–Crippen MR) is 75.0 cm³/mol. The zero-order chi connectivity index (χ0) is 13.0. The maximum Gasteiger partial charge on any atom is 0.232 e. The Morgan fingerprint density at radius 2 is 2.28 bits per heavy atom. The van der Waals surface area contributed by atoms with Gasteiger partial charge < -0.3 is 9.84 Å². The van der Waals surface area contributed by atoms with Crippen molar-refractivity contribution in [1.82, 2.24) is 15.5 Å². The number of nitrogens with one attached hydrogen (secondary N) is 1. The Morgan fingerprint density at radius 3 is 3.00 bits per heavy atom. The molecule has 5 heteroatoms. The van der Waals surface area contributed by atoms with Crippen molar-refractivity contribution in [2.45, 2.75) is 45.6 Å². The van der Waals surface area contributed by atoms with Crippen LogP contribution in [0.2, 0.25) is 0 Å². The summed E-state index contributed by atoms with van der Waals surface area (Å²) in [4.78, 5) is 4.56. The fourth-order valence-electron chi connectivity index (χ4n) is 2.19. The number of rotatable bonds is 6. The molecule has 0 aliphatic carbocycles. The minimum atomic E-state index is 0.384. The van der Waals surface area contributed by atoms with E-state index in [1.807, 2.05) is 11.8 Å². The SMILES string of the molecule is CCCNC1CSCC1c1nc(CC(C)C)no1. The van der Waals surface area contributed by atoms with E-state index in [2.05, 4.69) is 36.2 Å². The molecule has 2 heterocycles. The number of aromatic nitrogens is 2. The monoisotopic (exact) mass is 269 g/mol. The fourth-order valence-corrected chi connectivity index (χ4v) is 3.56. The molecule has 2 unspecified atom stereocenters. The molecule has 2 rings (SSSR count). The van der Waals surface area contributed by atoms with Crippen LogP contribution in [-0.4, -0.2) is 34.2 Å². The van der Waals surface area contributed by atoms with Gasteiger partial charge in [-0.1, -0.05) is 25.9 Å². The van der Waals surface area contributed by atoms with Crippen LogP contribution in [0, 0.1) is 5.92 Å². The summed E-state index contributed by atoms with van der Waals surface area (Å²) in [5.41, 5.74) is 0. The third-order valence-electron chi connectivity index (χ3n) is 3.13. The van der Waals surface area contributed by atoms with Crippen LogP contribution in [0.15, 0.2) is 4.52 Å². The van der Waals surface area contributed by atoms with E-state index in [4.69, 9.17) is 4.52 Å². The Bertz CT molecular complexity index is 367. The first-order chi connectivity index (χ1) is 8.70. The summed E-state index contributed by atoms with van der Waals surface area (Å²) >= 11 is 1.97. The van der Waals surface area contributed by atoms with Crippen molar-refractivity contribution in [3.05, 3.63) is 11.7 Å². The van der Waals surface area contributed by atoms with Gasteiger partial charge in [0.1, 0.15) is 0 Å². The number of hydrogen-bond acceptors (Lipinski definition) is 5. The van der Waals surface area contributed by atoms with Crippen molar-refractivity contribution < 1.29 is 4.52 Å². The molecule has 1 N–H and O–H groups in total. The first-order valence-electron chi connectivity index (χ1n) is 6.84. The maximum atomic E-state index is 5.45. The van der Waals surface area contributed by atoms with E-state index in [1.54, 1.807) is 0 Å². The molecule has 0 bridgehead atoms. The molecule has 1 saturated heterocycles. The smallest absolute Gasteiger partial charge is 0.232 e. The molecule has 4 nitrogen and oxygen atoms in total. The van der Waals surface area contributed by atoms with Crippen LogP contribution in [0.3, 0.4) is 0 Å². The Kier molecular flexibility index (Phi) is 5.06. The molecule has 1 fully saturated rings. The molecule has 1 aromatic rings. The molecule has 102 valence electrons. The summed E-state index contributed by atoms with van der Waals surface area (Å²) in [6.07, 6.45) is 2.06. The average Bonchev–Trinajstić information content (AvgIpc) is 2.93. The summed E-state index contributed by atoms with van der Waals surface area (Å²) in [6, 6.07) is 0.488. The third kappa shape index (κ3) is 3.48. The quantitative estimate of drug-likeness (QED) is 0.859. The Morgan fingerprint density at radius 1 is 1.44 bits per heavy atom. The van der Waals surface area contributed by atoms with Gasteiger partial charge in [-0.25, -0.2) is 0 Å². The summed E-state index contributed by atoms with van der Waals surface area (Å²) < 4.78 is 5.45. The number of thioether (sulfide) groups is 1. The number of hydrogen-bond donors (Lipinski definition) is 1. The zero-order valence-corrected chi connectivity index (χ0v) is 12.3. The van der Waals surface area contributed by atoms with Crippen LogP contribution >= 0.6 is 11.8 Å². The summed E-state index contributed by atoms with van der Waals surface area (Å²) in [6.45, 7) is 7.60. The van der Waals surface area contributed by atoms with E-state index < -0.39 is 0 Å². The van der Waals surface area contributed by atoms with E-state index >= 15 is 0 Å². The van der Waals surface area contributed by atoms with Gasteiger partial charge in [-0.3, -0.25) is 0 Å². The Labute approximate surface area is 113 Å². The summed E-state index contributed by atoms with van der Waals surface area (Å²) in [7, 11) is 0. The van der Waals surface area contributed by atoms with Crippen molar-refractivity contribution in [3.63, 3.8) is 0 Å². The maximum absolute atomic E-state index is 5.45. The van der Waals surface area contributed by atoms with Crippen molar-refractivity contribution in [3.8, 4) is 0 Å². The average molecular weight is 269 g/mol. The second-order valence-corrected chi connectivity index (χ2v) is 6.43. The van der Waals surface area contributed by atoms with Crippen LogP contribution in [-0.2, 0) is 6.42 Å². The van der Waals surface area contributed by atoms with E-state index in [0.29, 0.717) is 17.9 Å². The lowest BCUT2D eigenvalue weighted by Crippen LogP contribution is -2.34. The lowest BCUT2D eigenvalue weighted by molar-refractivity contribution is 0.335. The summed E-state index contributed by atoms with van der Waals surface area (Å²) in [5, 5.41) is 7.67. The first kappa shape index (κ1) is 13.9. The molecule has 1 aromatic heterocycles. The minimum absolute atomic E-state index is 0.384. The zero-order valence-electron chi connectivity index (χ0n) is 11.5. The number of nitrogens with zero attached hydrogens (tertiary/aromatic N) is 2. The molecule has 1 aliphatic heterocycles. The van der Waals surface area contributed by atoms with Gasteiger partial charge in [0.15, 0.2) is 5.82 Å². The Balaban J connectivity index is 1.98. The highest BCUT2D eigenvalue weighted by molar-refractivity contribution is 7.99. The second-order valence-electron chi connectivity index (χ2n) is 5.35. The molecule has 0 spiro atoms. The molecule has 0 aromatic carbocycles. The Hall–Kier alpha value is -0.550. The van der Waals surface area contributed by atoms with Crippen LogP contribution in [0.4, 0.5) is 0 Å². The van der Waals surface area contributed by atoms with Gasteiger partial charge in [0.05, 0.1) is 5.92 Å². The normalized spacial score (nSPS) is 24.0. The predicted octanol–water partition coefficient (Wildman–Crippen LogP) is 2.47. The van der Waals surface area contributed by atoms with E-state index in [9.17, 15) is 0 Å². The van der Waals surface area contributed by atoms with Crippen LogP contribution in [0.5, 0.6) is 0 Å². The van der Waals surface area contributed by atoms with Gasteiger partial charge in [-0.05, 0) is 18.9 Å². The first-order valence-corrected chi connectivity index (χ1v) is 7.99. The highest BCUT2D eigenvalue weighted by Crippen LogP contribution is 2.32. The minimum Gasteiger partial charge on any atom is -0.339 e. The van der Waals surface area contributed by atoms with Crippen LogP contribution in [0.1, 0.15) is 44.8 Å². The van der Waals surface area contributed by atoms with Gasteiger partial charge in [0, 0.05) is 24.0 Å². The molecule has 18 heavy (non-hydrogen) atoms. The van der Waals surface area contributed by atoms with Gasteiger partial charge in [-0.2, -0.15) is 16.7 Å². The van der Waals surface area contributed by atoms with Gasteiger partial charge in [0.25, 0.3) is 0 Å². The van der Waals surface area contributed by atoms with E-state index in [0.717, 1.165) is 42.6 Å². The molecule has 2 atom stereocenters. The van der Waals surface area contributed by atoms with Crippen molar-refractivity contribution in [2.75, 3.05) is 18.1 Å². The topological polar surface area (TPSA) is 51.0 Å². The standard InChI is InChI=1S/C13H23N3OS/c1-4-5-14-11-8-18-7-10(11)13-15-12(16-17-13)6-9(2)3/h9-11,14H,4-8H2,1-3H3. The second kappa shape index (κ2) is 6.57. The van der Waals surface area contributed by atoms with Gasteiger partial charge in [-0.15, -0.1) is 0 Å². The molecular formula is C13H23N3OS. The third-order valence-corrected chi connectivity index (χ3v) is 4.32. The summed E-state index contributed by atoms with van der Waals surface area (Å²) in [5.74, 6) is 4.87. The van der Waals surface area contributed by atoms with Crippen molar-refractivity contribution in [1.29, 1.82) is 0 Å². The lowest BCUT2D eigenvalue weighted by Gasteiger charge is -2.16. The molecule has 1 aliphatic rings. The lowest BCUT2D eigenvalue weighted by atomic mass is 10.0. The molecule has 0 saturated carbocycles. The molecule has 0 amide bonds. The largest absolute Gasteiger partial charge is 0.339 e. The molecule has 0 radical (unpaired) electrons. The van der Waals surface area contributed by atoms with Crippen molar-refractivity contribution >= 4 is 11.8 Å². The fraction of sp³-hybridized carbons (Fsp3) is 0.846. The van der Waals surface area contributed by atoms with E-state index in [1.165, 1.54) is 0 Å².